The lowest BCUT2D eigenvalue weighted by atomic mass is 10.0. The lowest BCUT2D eigenvalue weighted by Crippen LogP contribution is -2.13. The van der Waals surface area contributed by atoms with E-state index in [-0.39, 0.29) is 12.6 Å². The summed E-state index contributed by atoms with van der Waals surface area (Å²) in [6.07, 6.45) is 4.15. The van der Waals surface area contributed by atoms with Crippen molar-refractivity contribution >= 4 is 5.97 Å². The van der Waals surface area contributed by atoms with Crippen LogP contribution < -0.4 is 4.74 Å². The van der Waals surface area contributed by atoms with Crippen LogP contribution >= 0.6 is 0 Å². The van der Waals surface area contributed by atoms with Gasteiger partial charge in [-0.05, 0) is 61.1 Å². The Kier molecular flexibility index (Phi) is 3.21. The molecule has 1 aromatic carbocycles. The monoisotopic (exact) mass is 260 g/mol. The zero-order valence-corrected chi connectivity index (χ0v) is 11.5. The van der Waals surface area contributed by atoms with Crippen molar-refractivity contribution in [2.45, 2.75) is 32.1 Å². The van der Waals surface area contributed by atoms with E-state index in [2.05, 4.69) is 22.9 Å². The Labute approximate surface area is 113 Å². The van der Waals surface area contributed by atoms with Crippen LogP contribution in [0.2, 0.25) is 0 Å². The molecule has 1 aromatic rings. The Morgan fingerprint density at radius 3 is 2.84 bits per heavy atom. The number of hydrogen-bond acceptors (Lipinski definition) is 3. The van der Waals surface area contributed by atoms with Gasteiger partial charge in [0, 0.05) is 0 Å². The molecule has 0 aliphatic heterocycles. The molecule has 0 amide bonds. The van der Waals surface area contributed by atoms with E-state index < -0.39 is 0 Å². The molecule has 2 saturated carbocycles. The van der Waals surface area contributed by atoms with Gasteiger partial charge in [0.2, 0.25) is 0 Å². The van der Waals surface area contributed by atoms with Crippen LogP contribution in [0.3, 0.4) is 0 Å². The first kappa shape index (κ1) is 12.5. The summed E-state index contributed by atoms with van der Waals surface area (Å²) in [5.74, 6) is 3.06. The summed E-state index contributed by atoms with van der Waals surface area (Å²) in [6.45, 7) is 1.99. The maximum absolute atomic E-state index is 11.1. The molecule has 3 heteroatoms. The SMILES string of the molecule is COC(=O)COc1cc(C2CC2C2CC2)ccc1C. The standard InChI is InChI=1S/C16H20O3/c1-10-3-4-12(14-8-13(14)11-5-6-11)7-15(10)19-9-16(17)18-2/h3-4,7,11,13-14H,5-6,8-9H2,1-2H3. The Bertz CT molecular complexity index is 491. The minimum absolute atomic E-state index is 0.0164. The number of esters is 1. The van der Waals surface area contributed by atoms with Gasteiger partial charge in [-0.1, -0.05) is 12.1 Å². The van der Waals surface area contributed by atoms with E-state index in [1.807, 2.05) is 6.92 Å². The number of methoxy groups -OCH3 is 1. The van der Waals surface area contributed by atoms with Gasteiger partial charge in [0.1, 0.15) is 5.75 Å². The third kappa shape index (κ3) is 2.75. The number of benzene rings is 1. The quantitative estimate of drug-likeness (QED) is 0.763. The number of rotatable bonds is 5. The topological polar surface area (TPSA) is 35.5 Å². The van der Waals surface area contributed by atoms with E-state index in [1.165, 1.54) is 31.9 Å². The van der Waals surface area contributed by atoms with E-state index in [1.54, 1.807) is 0 Å². The van der Waals surface area contributed by atoms with Crippen LogP contribution in [0.25, 0.3) is 0 Å². The zero-order valence-electron chi connectivity index (χ0n) is 11.5. The van der Waals surface area contributed by atoms with Crippen LogP contribution in [0.4, 0.5) is 0 Å². The lowest BCUT2D eigenvalue weighted by molar-refractivity contribution is -0.142. The molecule has 0 saturated heterocycles. The maximum Gasteiger partial charge on any atom is 0.343 e. The van der Waals surface area contributed by atoms with Crippen molar-refractivity contribution in [2.75, 3.05) is 13.7 Å². The molecule has 0 radical (unpaired) electrons. The van der Waals surface area contributed by atoms with Crippen LogP contribution in [0.5, 0.6) is 5.75 Å². The molecule has 2 aliphatic carbocycles. The van der Waals surface area contributed by atoms with Crippen molar-refractivity contribution < 1.29 is 14.3 Å². The molecule has 0 heterocycles. The van der Waals surface area contributed by atoms with E-state index in [0.717, 1.165) is 23.1 Å². The first-order valence-electron chi connectivity index (χ1n) is 6.99. The van der Waals surface area contributed by atoms with Crippen molar-refractivity contribution in [1.82, 2.24) is 0 Å². The molecule has 3 nitrogen and oxygen atoms in total. The van der Waals surface area contributed by atoms with Crippen LogP contribution in [0.15, 0.2) is 18.2 Å². The van der Waals surface area contributed by atoms with Crippen molar-refractivity contribution in [2.24, 2.45) is 11.8 Å². The van der Waals surface area contributed by atoms with Gasteiger partial charge >= 0.3 is 5.97 Å². The number of carbonyl (C=O) groups is 1. The van der Waals surface area contributed by atoms with Gasteiger partial charge in [-0.3, -0.25) is 0 Å². The molecule has 2 fully saturated rings. The number of aryl methyl sites for hydroxylation is 1. The Balaban J connectivity index is 1.67. The molecule has 102 valence electrons. The summed E-state index contributed by atoms with van der Waals surface area (Å²) < 4.78 is 10.1. The summed E-state index contributed by atoms with van der Waals surface area (Å²) in [7, 11) is 1.37. The van der Waals surface area contributed by atoms with Gasteiger partial charge in [0.05, 0.1) is 7.11 Å². The predicted molar refractivity (Wildman–Crippen MR) is 72.3 cm³/mol. The second-order valence-electron chi connectivity index (χ2n) is 5.73. The van der Waals surface area contributed by atoms with Crippen molar-refractivity contribution in [3.63, 3.8) is 0 Å². The fourth-order valence-electron chi connectivity index (χ4n) is 2.84. The number of carbonyl (C=O) groups excluding carboxylic acids is 1. The summed E-state index contributed by atoms with van der Waals surface area (Å²) in [5.41, 5.74) is 2.43. The fraction of sp³-hybridized carbons (Fsp3) is 0.562. The highest BCUT2D eigenvalue weighted by atomic mass is 16.6. The largest absolute Gasteiger partial charge is 0.482 e. The highest BCUT2D eigenvalue weighted by Gasteiger charge is 2.47. The summed E-state index contributed by atoms with van der Waals surface area (Å²) in [5, 5.41) is 0. The Hall–Kier alpha value is -1.51. The minimum Gasteiger partial charge on any atom is -0.482 e. The van der Waals surface area contributed by atoms with E-state index in [9.17, 15) is 4.79 Å². The molecule has 0 aromatic heterocycles. The molecule has 3 rings (SSSR count). The molecule has 19 heavy (non-hydrogen) atoms. The van der Waals surface area contributed by atoms with Gasteiger partial charge in [-0.15, -0.1) is 0 Å². The summed E-state index contributed by atoms with van der Waals surface area (Å²) >= 11 is 0. The molecule has 2 aliphatic rings. The van der Waals surface area contributed by atoms with Crippen molar-refractivity contribution in [3.8, 4) is 5.75 Å². The van der Waals surface area contributed by atoms with E-state index in [0.29, 0.717) is 5.92 Å². The van der Waals surface area contributed by atoms with Crippen LogP contribution in [0.1, 0.15) is 36.3 Å². The number of hydrogen-bond donors (Lipinski definition) is 0. The first-order chi connectivity index (χ1) is 9.19. The maximum atomic E-state index is 11.1. The van der Waals surface area contributed by atoms with Gasteiger partial charge in [0.15, 0.2) is 6.61 Å². The van der Waals surface area contributed by atoms with Crippen molar-refractivity contribution in [3.05, 3.63) is 29.3 Å². The Morgan fingerprint density at radius 1 is 1.37 bits per heavy atom. The van der Waals surface area contributed by atoms with Gasteiger partial charge in [-0.25, -0.2) is 4.79 Å². The average molecular weight is 260 g/mol. The van der Waals surface area contributed by atoms with E-state index >= 15 is 0 Å². The van der Waals surface area contributed by atoms with Crippen LogP contribution in [0, 0.1) is 18.8 Å². The Morgan fingerprint density at radius 2 is 2.16 bits per heavy atom. The van der Waals surface area contributed by atoms with Crippen LogP contribution in [-0.4, -0.2) is 19.7 Å². The summed E-state index contributed by atoms with van der Waals surface area (Å²) in [4.78, 5) is 11.1. The third-order valence-corrected chi connectivity index (χ3v) is 4.28. The molecule has 2 atom stereocenters. The molecule has 0 N–H and O–H groups in total. The van der Waals surface area contributed by atoms with Crippen LogP contribution in [-0.2, 0) is 9.53 Å². The second-order valence-corrected chi connectivity index (χ2v) is 5.73. The van der Waals surface area contributed by atoms with E-state index in [4.69, 9.17) is 4.74 Å². The average Bonchev–Trinajstić information content (AvgIpc) is 3.28. The summed E-state index contributed by atoms with van der Waals surface area (Å²) in [6, 6.07) is 6.39. The van der Waals surface area contributed by atoms with Gasteiger partial charge in [0.25, 0.3) is 0 Å². The highest BCUT2D eigenvalue weighted by Crippen LogP contribution is 2.59. The normalized spacial score (nSPS) is 24.9. The molecule has 2 unspecified atom stereocenters. The first-order valence-corrected chi connectivity index (χ1v) is 6.99. The predicted octanol–water partition coefficient (Wildman–Crippen LogP) is 3.06. The van der Waals surface area contributed by atoms with Gasteiger partial charge in [-0.2, -0.15) is 0 Å². The zero-order chi connectivity index (χ0) is 13.4. The highest BCUT2D eigenvalue weighted by molar-refractivity contribution is 5.70. The molecule has 0 bridgehead atoms. The smallest absolute Gasteiger partial charge is 0.343 e. The number of ether oxygens (including phenoxy) is 2. The molecular weight excluding hydrogens is 240 g/mol. The molecular formula is C16H20O3. The van der Waals surface area contributed by atoms with Crippen molar-refractivity contribution in [1.29, 1.82) is 0 Å². The second kappa shape index (κ2) is 4.87. The lowest BCUT2D eigenvalue weighted by Gasteiger charge is -2.10. The van der Waals surface area contributed by atoms with Gasteiger partial charge < -0.3 is 9.47 Å². The fourth-order valence-corrected chi connectivity index (χ4v) is 2.84. The minimum atomic E-state index is -0.341. The molecule has 0 spiro atoms. The third-order valence-electron chi connectivity index (χ3n) is 4.28.